The summed E-state index contributed by atoms with van der Waals surface area (Å²) < 4.78 is 2.53. The van der Waals surface area contributed by atoms with Crippen LogP contribution in [0.15, 0.2) is 36.5 Å². The summed E-state index contributed by atoms with van der Waals surface area (Å²) in [6.45, 7) is 5.77. The minimum atomic E-state index is 1.10. The minimum Gasteiger partial charge on any atom is -0.335 e. The molecule has 43 heavy (non-hydrogen) atoms. The van der Waals surface area contributed by atoms with Crippen molar-refractivity contribution in [1.29, 1.82) is 0 Å². The molecular weight excluding hydrogens is 520 g/mol. The molecule has 2 rings (SSSR count). The Bertz CT molecular complexity index is 839. The van der Waals surface area contributed by atoms with E-state index in [4.69, 9.17) is 4.98 Å². The molecule has 2 aromatic rings. The van der Waals surface area contributed by atoms with Gasteiger partial charge in [0.2, 0.25) is 0 Å². The summed E-state index contributed by atoms with van der Waals surface area (Å²) in [5, 5.41) is 0. The molecule has 2 nitrogen and oxygen atoms in total. The smallest absolute Gasteiger partial charge is 0.108 e. The molecule has 0 amide bonds. The molecule has 0 saturated heterocycles. The first-order valence-corrected chi connectivity index (χ1v) is 19.4. The first kappa shape index (κ1) is 37.6. The maximum Gasteiger partial charge on any atom is 0.108 e. The van der Waals surface area contributed by atoms with E-state index in [0.29, 0.717) is 0 Å². The van der Waals surface area contributed by atoms with Gasteiger partial charge in [0, 0.05) is 19.2 Å². The van der Waals surface area contributed by atoms with Gasteiger partial charge in [-0.25, -0.2) is 4.98 Å². The van der Waals surface area contributed by atoms with E-state index in [1.807, 2.05) is 0 Å². The van der Waals surface area contributed by atoms with Crippen LogP contribution in [0.2, 0.25) is 0 Å². The average molecular weight is 593 g/mol. The molecule has 1 heterocycles. The van der Waals surface area contributed by atoms with Crippen molar-refractivity contribution in [2.24, 2.45) is 0 Å². The van der Waals surface area contributed by atoms with Gasteiger partial charge in [0.15, 0.2) is 0 Å². The number of aromatic nitrogens is 2. The van der Waals surface area contributed by atoms with E-state index in [2.05, 4.69) is 54.9 Å². The highest BCUT2D eigenvalue weighted by Gasteiger charge is 2.09. The molecule has 0 aliphatic heterocycles. The number of unbranched alkanes of at least 4 members (excludes halogenated alkanes) is 23. The van der Waals surface area contributed by atoms with E-state index < -0.39 is 0 Å². The van der Waals surface area contributed by atoms with Crippen LogP contribution in [0.3, 0.4) is 0 Å². The van der Waals surface area contributed by atoms with E-state index in [1.165, 1.54) is 184 Å². The van der Waals surface area contributed by atoms with E-state index in [0.717, 1.165) is 25.8 Å². The molecule has 0 radical (unpaired) electrons. The predicted molar refractivity (Wildman–Crippen MR) is 191 cm³/mol. The van der Waals surface area contributed by atoms with Gasteiger partial charge < -0.3 is 4.57 Å². The summed E-state index contributed by atoms with van der Waals surface area (Å²) >= 11 is 0. The molecule has 0 aliphatic carbocycles. The molecule has 0 spiro atoms. The van der Waals surface area contributed by atoms with Crippen LogP contribution in [-0.4, -0.2) is 9.55 Å². The third kappa shape index (κ3) is 20.9. The molecule has 1 aromatic heterocycles. The summed E-state index contributed by atoms with van der Waals surface area (Å²) in [7, 11) is 0. The Morgan fingerprint density at radius 1 is 0.442 bits per heavy atom. The van der Waals surface area contributed by atoms with Gasteiger partial charge in [-0.2, -0.15) is 0 Å². The molecule has 0 aliphatic rings. The van der Waals surface area contributed by atoms with E-state index in [9.17, 15) is 0 Å². The van der Waals surface area contributed by atoms with E-state index in [-0.39, 0.29) is 0 Å². The Kier molecular flexibility index (Phi) is 24.4. The molecule has 0 bridgehead atoms. The zero-order valence-corrected chi connectivity index (χ0v) is 29.1. The summed E-state index contributed by atoms with van der Waals surface area (Å²) in [5.41, 5.74) is 2.77. The van der Waals surface area contributed by atoms with Crippen LogP contribution in [0.4, 0.5) is 0 Å². The van der Waals surface area contributed by atoms with Gasteiger partial charge in [-0.1, -0.05) is 192 Å². The van der Waals surface area contributed by atoms with Crippen molar-refractivity contribution in [2.75, 3.05) is 0 Å². The predicted octanol–water partition coefficient (Wildman–Crippen LogP) is 13.4. The zero-order valence-electron chi connectivity index (χ0n) is 29.1. The van der Waals surface area contributed by atoms with Crippen molar-refractivity contribution in [3.8, 4) is 0 Å². The second kappa shape index (κ2) is 27.9. The van der Waals surface area contributed by atoms with Gasteiger partial charge >= 0.3 is 0 Å². The SMILES string of the molecule is CCCCCCCCCCCCCCCCCCCn1cc(CCCc2ccccc2)nc1CCCCCCCCCC. The fourth-order valence-corrected chi connectivity index (χ4v) is 6.57. The lowest BCUT2D eigenvalue weighted by Gasteiger charge is -2.08. The third-order valence-corrected chi connectivity index (χ3v) is 9.41. The highest BCUT2D eigenvalue weighted by molar-refractivity contribution is 5.15. The van der Waals surface area contributed by atoms with Crippen LogP contribution in [0.25, 0.3) is 0 Å². The lowest BCUT2D eigenvalue weighted by molar-refractivity contribution is 0.513. The molecule has 1 aromatic carbocycles. The van der Waals surface area contributed by atoms with Crippen molar-refractivity contribution >= 4 is 0 Å². The highest BCUT2D eigenvalue weighted by atomic mass is 15.1. The van der Waals surface area contributed by atoms with Crippen LogP contribution in [-0.2, 0) is 25.8 Å². The molecule has 0 saturated carbocycles. The van der Waals surface area contributed by atoms with Gasteiger partial charge in [0.05, 0.1) is 5.69 Å². The Balaban J connectivity index is 1.56. The lowest BCUT2D eigenvalue weighted by Crippen LogP contribution is -2.03. The van der Waals surface area contributed by atoms with Crippen molar-refractivity contribution < 1.29 is 0 Å². The van der Waals surface area contributed by atoms with Crippen LogP contribution < -0.4 is 0 Å². The third-order valence-electron chi connectivity index (χ3n) is 9.41. The molecule has 2 heteroatoms. The number of benzene rings is 1. The van der Waals surface area contributed by atoms with Crippen LogP contribution >= 0.6 is 0 Å². The van der Waals surface area contributed by atoms with Crippen molar-refractivity contribution in [2.45, 2.75) is 207 Å². The van der Waals surface area contributed by atoms with E-state index >= 15 is 0 Å². The number of hydrogen-bond donors (Lipinski definition) is 0. The van der Waals surface area contributed by atoms with Crippen LogP contribution in [0.1, 0.15) is 198 Å². The summed E-state index contributed by atoms with van der Waals surface area (Å²) in [6.07, 6.45) is 42.5. The Morgan fingerprint density at radius 3 is 1.37 bits per heavy atom. The Hall–Kier alpha value is -1.57. The maximum atomic E-state index is 5.16. The fourth-order valence-electron chi connectivity index (χ4n) is 6.57. The van der Waals surface area contributed by atoms with Crippen molar-refractivity contribution in [1.82, 2.24) is 9.55 Å². The first-order valence-electron chi connectivity index (χ1n) is 19.4. The monoisotopic (exact) mass is 593 g/mol. The number of imidazole rings is 1. The van der Waals surface area contributed by atoms with Gasteiger partial charge in [-0.3, -0.25) is 0 Å². The number of hydrogen-bond acceptors (Lipinski definition) is 1. The van der Waals surface area contributed by atoms with Gasteiger partial charge in [0.25, 0.3) is 0 Å². The van der Waals surface area contributed by atoms with Crippen LogP contribution in [0.5, 0.6) is 0 Å². The first-order chi connectivity index (χ1) is 21.3. The molecule has 0 N–H and O–H groups in total. The fraction of sp³-hybridized carbons (Fsp3) is 0.780. The van der Waals surface area contributed by atoms with Crippen molar-refractivity contribution in [3.05, 3.63) is 53.6 Å². The summed E-state index contributed by atoms with van der Waals surface area (Å²) in [6, 6.07) is 10.9. The van der Waals surface area contributed by atoms with Gasteiger partial charge in [0.1, 0.15) is 5.82 Å². The maximum absolute atomic E-state index is 5.16. The second-order valence-electron chi connectivity index (χ2n) is 13.6. The highest BCUT2D eigenvalue weighted by Crippen LogP contribution is 2.17. The molecule has 0 atom stereocenters. The normalized spacial score (nSPS) is 11.5. The summed E-state index contributed by atoms with van der Waals surface area (Å²) in [4.78, 5) is 5.16. The largest absolute Gasteiger partial charge is 0.335 e. The quantitative estimate of drug-likeness (QED) is 0.0796. The molecular formula is C41H72N2. The van der Waals surface area contributed by atoms with Crippen LogP contribution in [0, 0.1) is 0 Å². The Morgan fingerprint density at radius 2 is 0.884 bits per heavy atom. The lowest BCUT2D eigenvalue weighted by atomic mass is 10.0. The number of rotatable bonds is 31. The topological polar surface area (TPSA) is 17.8 Å². The van der Waals surface area contributed by atoms with Crippen molar-refractivity contribution in [3.63, 3.8) is 0 Å². The van der Waals surface area contributed by atoms with Gasteiger partial charge in [-0.05, 0) is 37.7 Å². The van der Waals surface area contributed by atoms with E-state index in [1.54, 1.807) is 0 Å². The second-order valence-corrected chi connectivity index (χ2v) is 13.6. The molecule has 246 valence electrons. The minimum absolute atomic E-state index is 1.10. The number of nitrogens with zero attached hydrogens (tertiary/aromatic N) is 2. The Labute approximate surface area is 269 Å². The van der Waals surface area contributed by atoms with Gasteiger partial charge in [-0.15, -0.1) is 0 Å². The molecule has 0 fully saturated rings. The summed E-state index contributed by atoms with van der Waals surface area (Å²) in [5.74, 6) is 1.36. The molecule has 0 unspecified atom stereocenters. The average Bonchev–Trinajstić information content (AvgIpc) is 3.41. The zero-order chi connectivity index (χ0) is 30.5. The standard InChI is InChI=1S/C41H72N2/c1-3-5-7-9-11-13-14-15-16-17-18-19-20-21-23-25-30-37-43-38-40(35-31-34-39-32-27-26-28-33-39)42-41(43)36-29-24-22-12-10-8-6-4-2/h26-28,32-33,38H,3-25,29-31,34-37H2,1-2H3. The number of aryl methyl sites for hydroxylation is 4.